The molecular formula is C14H26N2O2. The molecule has 1 aliphatic heterocycles. The van der Waals surface area contributed by atoms with Crippen LogP contribution in [0.2, 0.25) is 0 Å². The van der Waals surface area contributed by atoms with Gasteiger partial charge in [0.2, 0.25) is 5.91 Å². The van der Waals surface area contributed by atoms with Crippen LogP contribution in [0.15, 0.2) is 0 Å². The van der Waals surface area contributed by atoms with Crippen LogP contribution in [0.5, 0.6) is 0 Å². The maximum atomic E-state index is 12.5. The number of hydrogen-bond donors (Lipinski definition) is 1. The van der Waals surface area contributed by atoms with Crippen LogP contribution in [0, 0.1) is 0 Å². The molecule has 2 fully saturated rings. The van der Waals surface area contributed by atoms with Gasteiger partial charge in [0.15, 0.2) is 0 Å². The molecule has 0 aromatic rings. The number of methoxy groups -OCH3 is 1. The summed E-state index contributed by atoms with van der Waals surface area (Å²) >= 11 is 0. The summed E-state index contributed by atoms with van der Waals surface area (Å²) in [5.41, 5.74) is -0.141. The summed E-state index contributed by atoms with van der Waals surface area (Å²) in [7, 11) is 1.74. The Balaban J connectivity index is 1.92. The van der Waals surface area contributed by atoms with Crippen LogP contribution in [0.1, 0.15) is 45.4 Å². The van der Waals surface area contributed by atoms with Crippen molar-refractivity contribution in [3.63, 3.8) is 0 Å². The zero-order valence-corrected chi connectivity index (χ0v) is 11.7. The average Bonchev–Trinajstić information content (AvgIpc) is 2.36. The van der Waals surface area contributed by atoms with Gasteiger partial charge in [-0.3, -0.25) is 4.79 Å². The minimum absolute atomic E-state index is 0.141. The molecule has 0 aromatic heterocycles. The largest absolute Gasteiger partial charge is 0.378 e. The number of amides is 1. The van der Waals surface area contributed by atoms with E-state index in [0.717, 1.165) is 45.3 Å². The van der Waals surface area contributed by atoms with Crippen LogP contribution < -0.4 is 5.32 Å². The van der Waals surface area contributed by atoms with Gasteiger partial charge < -0.3 is 15.0 Å². The van der Waals surface area contributed by atoms with E-state index in [1.807, 2.05) is 0 Å². The summed E-state index contributed by atoms with van der Waals surface area (Å²) in [5.74, 6) is 0.283. The van der Waals surface area contributed by atoms with E-state index >= 15 is 0 Å². The Hall–Kier alpha value is -0.610. The van der Waals surface area contributed by atoms with Crippen molar-refractivity contribution in [3.8, 4) is 0 Å². The van der Waals surface area contributed by atoms with E-state index < -0.39 is 0 Å². The molecule has 1 N–H and O–H groups in total. The first-order valence-corrected chi connectivity index (χ1v) is 7.26. The highest BCUT2D eigenvalue weighted by molar-refractivity contribution is 5.77. The summed E-state index contributed by atoms with van der Waals surface area (Å²) in [6, 6.07) is 0.428. The highest BCUT2D eigenvalue weighted by Crippen LogP contribution is 2.38. The van der Waals surface area contributed by atoms with Crippen LogP contribution in [0.4, 0.5) is 0 Å². The van der Waals surface area contributed by atoms with Gasteiger partial charge in [0, 0.05) is 19.7 Å². The van der Waals surface area contributed by atoms with Crippen molar-refractivity contribution < 1.29 is 9.53 Å². The fourth-order valence-electron chi connectivity index (χ4n) is 3.16. The van der Waals surface area contributed by atoms with E-state index in [9.17, 15) is 4.79 Å². The highest BCUT2D eigenvalue weighted by Gasteiger charge is 2.40. The van der Waals surface area contributed by atoms with Crippen LogP contribution in [0.25, 0.3) is 0 Å². The van der Waals surface area contributed by atoms with Crippen LogP contribution in [-0.2, 0) is 9.53 Å². The molecule has 2 aliphatic rings. The first kappa shape index (κ1) is 13.8. The molecule has 1 saturated carbocycles. The first-order chi connectivity index (χ1) is 8.71. The molecule has 0 unspecified atom stereocenters. The number of nitrogens with one attached hydrogen (secondary N) is 1. The smallest absolute Gasteiger partial charge is 0.225 e. The lowest BCUT2D eigenvalue weighted by Gasteiger charge is -2.42. The Labute approximate surface area is 110 Å². The van der Waals surface area contributed by atoms with Gasteiger partial charge >= 0.3 is 0 Å². The van der Waals surface area contributed by atoms with Crippen molar-refractivity contribution in [1.29, 1.82) is 0 Å². The van der Waals surface area contributed by atoms with E-state index in [2.05, 4.69) is 17.1 Å². The lowest BCUT2D eigenvalue weighted by molar-refractivity contribution is -0.146. The Kier molecular flexibility index (Phi) is 4.62. The van der Waals surface area contributed by atoms with Crippen molar-refractivity contribution in [2.75, 3.05) is 26.7 Å². The SMILES string of the molecule is CCN(C(=O)CC1(OC)CCC1)C1CCNCC1. The topological polar surface area (TPSA) is 41.6 Å². The van der Waals surface area contributed by atoms with Crippen LogP contribution >= 0.6 is 0 Å². The molecule has 0 spiro atoms. The minimum Gasteiger partial charge on any atom is -0.378 e. The summed E-state index contributed by atoms with van der Waals surface area (Å²) < 4.78 is 5.57. The normalized spacial score (nSPS) is 23.4. The third-order valence-corrected chi connectivity index (χ3v) is 4.58. The standard InChI is InChI=1S/C14H26N2O2/c1-3-16(12-5-9-15-10-6-12)13(17)11-14(18-2)7-4-8-14/h12,15H,3-11H2,1-2H3. The van der Waals surface area contributed by atoms with Crippen molar-refractivity contribution >= 4 is 5.91 Å². The zero-order chi connectivity index (χ0) is 13.0. The van der Waals surface area contributed by atoms with Gasteiger partial charge in [-0.05, 0) is 52.1 Å². The predicted molar refractivity (Wildman–Crippen MR) is 71.5 cm³/mol. The van der Waals surface area contributed by atoms with Crippen molar-refractivity contribution in [2.45, 2.75) is 57.1 Å². The molecule has 104 valence electrons. The predicted octanol–water partition coefficient (Wildman–Crippen LogP) is 1.55. The number of ether oxygens (including phenoxy) is 1. The molecule has 4 heteroatoms. The van der Waals surface area contributed by atoms with Gasteiger partial charge in [-0.15, -0.1) is 0 Å². The molecule has 18 heavy (non-hydrogen) atoms. The lowest BCUT2D eigenvalue weighted by atomic mass is 9.77. The number of piperidine rings is 1. The van der Waals surface area contributed by atoms with Gasteiger partial charge in [0.05, 0.1) is 12.0 Å². The van der Waals surface area contributed by atoms with E-state index in [1.165, 1.54) is 6.42 Å². The van der Waals surface area contributed by atoms with E-state index in [1.54, 1.807) is 7.11 Å². The van der Waals surface area contributed by atoms with Crippen molar-refractivity contribution in [2.24, 2.45) is 0 Å². The maximum Gasteiger partial charge on any atom is 0.225 e. The Bertz CT molecular complexity index is 278. The molecular weight excluding hydrogens is 228 g/mol. The van der Waals surface area contributed by atoms with Crippen molar-refractivity contribution in [3.05, 3.63) is 0 Å². The molecule has 1 amide bonds. The molecule has 0 bridgehead atoms. The quantitative estimate of drug-likeness (QED) is 0.809. The first-order valence-electron chi connectivity index (χ1n) is 7.26. The minimum atomic E-state index is -0.141. The highest BCUT2D eigenvalue weighted by atomic mass is 16.5. The zero-order valence-electron chi connectivity index (χ0n) is 11.7. The molecule has 0 radical (unpaired) electrons. The summed E-state index contributed by atoms with van der Waals surface area (Å²) in [6.45, 7) is 4.97. The van der Waals surface area contributed by atoms with Crippen LogP contribution in [0.3, 0.4) is 0 Å². The number of carbonyl (C=O) groups excluding carboxylic acids is 1. The van der Waals surface area contributed by atoms with E-state index in [-0.39, 0.29) is 11.5 Å². The average molecular weight is 254 g/mol. The van der Waals surface area contributed by atoms with Crippen LogP contribution in [-0.4, -0.2) is 49.2 Å². The van der Waals surface area contributed by atoms with Gasteiger partial charge in [0.1, 0.15) is 0 Å². The Morgan fingerprint density at radius 3 is 2.50 bits per heavy atom. The number of carbonyl (C=O) groups is 1. The molecule has 1 aliphatic carbocycles. The number of hydrogen-bond acceptors (Lipinski definition) is 3. The molecule has 4 nitrogen and oxygen atoms in total. The monoisotopic (exact) mass is 254 g/mol. The molecule has 2 rings (SSSR count). The van der Waals surface area contributed by atoms with Crippen molar-refractivity contribution in [1.82, 2.24) is 10.2 Å². The third kappa shape index (κ3) is 2.86. The lowest BCUT2D eigenvalue weighted by Crippen LogP contribution is -2.50. The molecule has 1 heterocycles. The fraction of sp³-hybridized carbons (Fsp3) is 0.929. The number of nitrogens with zero attached hydrogens (tertiary/aromatic N) is 1. The Morgan fingerprint density at radius 1 is 1.39 bits per heavy atom. The third-order valence-electron chi connectivity index (χ3n) is 4.58. The molecule has 1 saturated heterocycles. The summed E-state index contributed by atoms with van der Waals surface area (Å²) in [6.07, 6.45) is 6.01. The van der Waals surface area contributed by atoms with Gasteiger partial charge in [0.25, 0.3) is 0 Å². The fourth-order valence-corrected chi connectivity index (χ4v) is 3.16. The Morgan fingerprint density at radius 2 is 2.06 bits per heavy atom. The molecule has 0 aromatic carbocycles. The summed E-state index contributed by atoms with van der Waals surface area (Å²) in [5, 5.41) is 3.35. The number of rotatable bonds is 5. The second-order valence-electron chi connectivity index (χ2n) is 5.58. The van der Waals surface area contributed by atoms with E-state index in [0.29, 0.717) is 12.5 Å². The second-order valence-corrected chi connectivity index (χ2v) is 5.58. The van der Waals surface area contributed by atoms with Gasteiger partial charge in [-0.1, -0.05) is 0 Å². The second kappa shape index (κ2) is 6.02. The molecule has 0 atom stereocenters. The van der Waals surface area contributed by atoms with E-state index in [4.69, 9.17) is 4.74 Å². The van der Waals surface area contributed by atoms with Gasteiger partial charge in [-0.2, -0.15) is 0 Å². The van der Waals surface area contributed by atoms with Gasteiger partial charge in [-0.25, -0.2) is 0 Å². The summed E-state index contributed by atoms with van der Waals surface area (Å²) in [4.78, 5) is 14.5. The maximum absolute atomic E-state index is 12.5.